The van der Waals surface area contributed by atoms with Crippen LogP contribution >= 0.6 is 0 Å². The summed E-state index contributed by atoms with van der Waals surface area (Å²) in [5.74, 6) is 4.46. The van der Waals surface area contributed by atoms with Gasteiger partial charge in [-0.1, -0.05) is 30.4 Å². The second-order valence-corrected chi connectivity index (χ2v) is 6.19. The van der Waals surface area contributed by atoms with Crippen LogP contribution in [0, 0.1) is 29.6 Å². The number of carboxylic acids is 1. The normalized spacial score (nSPS) is 21.0. The monoisotopic (exact) mass is 344 g/mol. The van der Waals surface area contributed by atoms with E-state index in [4.69, 9.17) is 10.2 Å². The van der Waals surface area contributed by atoms with E-state index >= 15 is 0 Å². The zero-order chi connectivity index (χ0) is 18.5. The van der Waals surface area contributed by atoms with Gasteiger partial charge in [0.15, 0.2) is 5.78 Å². The van der Waals surface area contributed by atoms with Crippen LogP contribution in [0.5, 0.6) is 0 Å². The van der Waals surface area contributed by atoms with Crippen molar-refractivity contribution in [3.63, 3.8) is 0 Å². The first-order valence-electron chi connectivity index (χ1n) is 8.87. The summed E-state index contributed by atoms with van der Waals surface area (Å²) in [6.07, 6.45) is 16.2. The van der Waals surface area contributed by atoms with Gasteiger partial charge >= 0.3 is 5.97 Å². The Balaban J connectivity index is 2.37. The molecule has 136 valence electrons. The van der Waals surface area contributed by atoms with Gasteiger partial charge in [-0.15, -0.1) is 11.8 Å². The predicted molar refractivity (Wildman–Crippen MR) is 98.8 cm³/mol. The van der Waals surface area contributed by atoms with Crippen molar-refractivity contribution in [2.45, 2.75) is 45.4 Å². The van der Waals surface area contributed by atoms with Crippen molar-refractivity contribution in [3.8, 4) is 11.8 Å². The van der Waals surface area contributed by atoms with Crippen LogP contribution in [0.4, 0.5) is 0 Å². The SMILES string of the molecule is CC#CCCCC=C[C@H]1C=CC(=O)[C@@H]1CC=CCCC(CO)C(=O)O. The van der Waals surface area contributed by atoms with Gasteiger partial charge in [0.1, 0.15) is 0 Å². The third-order valence-electron chi connectivity index (χ3n) is 4.33. The highest BCUT2D eigenvalue weighted by Crippen LogP contribution is 2.27. The van der Waals surface area contributed by atoms with Gasteiger partial charge < -0.3 is 10.2 Å². The van der Waals surface area contributed by atoms with E-state index in [0.29, 0.717) is 19.3 Å². The average molecular weight is 344 g/mol. The second kappa shape index (κ2) is 12.3. The maximum atomic E-state index is 12.0. The summed E-state index contributed by atoms with van der Waals surface area (Å²) >= 11 is 0. The smallest absolute Gasteiger partial charge is 0.308 e. The molecule has 1 unspecified atom stereocenters. The van der Waals surface area contributed by atoms with E-state index in [1.807, 2.05) is 25.2 Å². The number of aliphatic carboxylic acids is 1. The topological polar surface area (TPSA) is 74.6 Å². The fraction of sp³-hybridized carbons (Fsp3) is 0.524. The molecule has 0 aromatic carbocycles. The Bertz CT molecular complexity index is 574. The Labute approximate surface area is 150 Å². The van der Waals surface area contributed by atoms with Gasteiger partial charge in [0.2, 0.25) is 0 Å². The minimum atomic E-state index is -0.971. The number of carbonyl (C=O) groups excluding carboxylic acids is 1. The number of aliphatic hydroxyl groups is 1. The van der Waals surface area contributed by atoms with Gasteiger partial charge in [0.25, 0.3) is 0 Å². The number of carboxylic acid groups (broad SMARTS) is 1. The number of hydrogen-bond acceptors (Lipinski definition) is 3. The maximum Gasteiger partial charge on any atom is 0.308 e. The minimum absolute atomic E-state index is 0.0592. The van der Waals surface area contributed by atoms with Gasteiger partial charge in [-0.2, -0.15) is 0 Å². The molecule has 4 heteroatoms. The number of carbonyl (C=O) groups is 2. The molecule has 0 aromatic rings. The van der Waals surface area contributed by atoms with Gasteiger partial charge in [-0.3, -0.25) is 9.59 Å². The molecule has 0 spiro atoms. The van der Waals surface area contributed by atoms with E-state index in [9.17, 15) is 9.59 Å². The summed E-state index contributed by atoms with van der Waals surface area (Å²) in [5, 5.41) is 17.8. The molecule has 1 rings (SSSR count). The van der Waals surface area contributed by atoms with Crippen LogP contribution in [0.25, 0.3) is 0 Å². The van der Waals surface area contributed by atoms with E-state index in [2.05, 4.69) is 24.0 Å². The van der Waals surface area contributed by atoms with Crippen LogP contribution in [0.3, 0.4) is 0 Å². The fourth-order valence-electron chi connectivity index (χ4n) is 2.76. The second-order valence-electron chi connectivity index (χ2n) is 6.19. The highest BCUT2D eigenvalue weighted by Gasteiger charge is 2.26. The van der Waals surface area contributed by atoms with Crippen molar-refractivity contribution >= 4 is 11.8 Å². The lowest BCUT2D eigenvalue weighted by molar-refractivity contribution is -0.143. The number of hydrogen-bond donors (Lipinski definition) is 2. The molecule has 1 aliphatic carbocycles. The summed E-state index contributed by atoms with van der Waals surface area (Å²) < 4.78 is 0. The van der Waals surface area contributed by atoms with E-state index in [0.717, 1.165) is 19.3 Å². The third kappa shape index (κ3) is 8.00. The predicted octanol–water partition coefficient (Wildman–Crippen LogP) is 3.53. The first kappa shape index (κ1) is 20.9. The molecule has 2 N–H and O–H groups in total. The van der Waals surface area contributed by atoms with Crippen molar-refractivity contribution in [1.29, 1.82) is 0 Å². The van der Waals surface area contributed by atoms with Crippen molar-refractivity contribution in [3.05, 3.63) is 36.5 Å². The summed E-state index contributed by atoms with van der Waals surface area (Å²) in [7, 11) is 0. The molecule has 0 heterocycles. The van der Waals surface area contributed by atoms with Crippen LogP contribution in [0.15, 0.2) is 36.5 Å². The molecular formula is C21H28O4. The zero-order valence-corrected chi connectivity index (χ0v) is 14.9. The molecular weight excluding hydrogens is 316 g/mol. The number of aliphatic hydroxyl groups excluding tert-OH is 1. The highest BCUT2D eigenvalue weighted by atomic mass is 16.4. The lowest BCUT2D eigenvalue weighted by Gasteiger charge is -2.12. The Morgan fingerprint density at radius 1 is 1.32 bits per heavy atom. The highest BCUT2D eigenvalue weighted by molar-refractivity contribution is 5.95. The Kier molecular flexibility index (Phi) is 10.3. The van der Waals surface area contributed by atoms with Crippen LogP contribution < -0.4 is 0 Å². The van der Waals surface area contributed by atoms with Crippen molar-refractivity contribution in [2.24, 2.45) is 17.8 Å². The fourth-order valence-corrected chi connectivity index (χ4v) is 2.76. The molecule has 3 atom stereocenters. The lowest BCUT2D eigenvalue weighted by atomic mass is 9.90. The molecule has 0 aromatic heterocycles. The first-order valence-corrected chi connectivity index (χ1v) is 8.87. The molecule has 0 amide bonds. The summed E-state index contributed by atoms with van der Waals surface area (Å²) in [5.41, 5.74) is 0. The van der Waals surface area contributed by atoms with Gasteiger partial charge in [-0.25, -0.2) is 0 Å². The van der Waals surface area contributed by atoms with E-state index in [1.165, 1.54) is 0 Å². The first-order chi connectivity index (χ1) is 12.1. The molecule has 0 radical (unpaired) electrons. The summed E-state index contributed by atoms with van der Waals surface area (Å²) in [6.45, 7) is 1.50. The summed E-state index contributed by atoms with van der Waals surface area (Å²) in [4.78, 5) is 22.8. The molecule has 0 fully saturated rings. The van der Waals surface area contributed by atoms with Crippen molar-refractivity contribution in [1.82, 2.24) is 0 Å². The number of unbranched alkanes of at least 4 members (excludes halogenated alkanes) is 2. The molecule has 0 bridgehead atoms. The molecule has 25 heavy (non-hydrogen) atoms. The van der Waals surface area contributed by atoms with Crippen LogP contribution in [-0.2, 0) is 9.59 Å². The average Bonchev–Trinajstić information content (AvgIpc) is 2.94. The van der Waals surface area contributed by atoms with Crippen molar-refractivity contribution < 1.29 is 19.8 Å². The maximum absolute atomic E-state index is 12.0. The van der Waals surface area contributed by atoms with E-state index in [1.54, 1.807) is 6.08 Å². The molecule has 4 nitrogen and oxygen atoms in total. The largest absolute Gasteiger partial charge is 0.481 e. The lowest BCUT2D eigenvalue weighted by Crippen LogP contribution is -2.17. The number of rotatable bonds is 11. The quantitative estimate of drug-likeness (QED) is 0.342. The van der Waals surface area contributed by atoms with E-state index < -0.39 is 11.9 Å². The molecule has 0 saturated heterocycles. The number of ketones is 1. The Morgan fingerprint density at radius 2 is 2.12 bits per heavy atom. The molecule has 0 saturated carbocycles. The molecule has 1 aliphatic rings. The third-order valence-corrected chi connectivity index (χ3v) is 4.33. The molecule has 0 aliphatic heterocycles. The van der Waals surface area contributed by atoms with E-state index in [-0.39, 0.29) is 24.2 Å². The van der Waals surface area contributed by atoms with Crippen molar-refractivity contribution in [2.75, 3.05) is 6.61 Å². The van der Waals surface area contributed by atoms with Gasteiger partial charge in [0.05, 0.1) is 12.5 Å². The Morgan fingerprint density at radius 3 is 2.80 bits per heavy atom. The number of allylic oxidation sites excluding steroid dienone is 6. The standard InChI is InChI=1S/C21H28O4/c1-2-3-4-5-6-8-11-17-14-15-20(23)19(17)13-10-7-9-12-18(16-22)21(24)25/h7-8,10-11,14-15,17-19,22H,4-6,9,12-13,16H2,1H3,(H,24,25)/t17-,18?,19+/m0/s1. The van der Waals surface area contributed by atoms with Crippen LogP contribution in [-0.4, -0.2) is 28.6 Å². The van der Waals surface area contributed by atoms with Gasteiger partial charge in [0, 0.05) is 18.3 Å². The summed E-state index contributed by atoms with van der Waals surface area (Å²) in [6, 6.07) is 0. The minimum Gasteiger partial charge on any atom is -0.481 e. The van der Waals surface area contributed by atoms with Crippen LogP contribution in [0.1, 0.15) is 45.4 Å². The Hall–Kier alpha value is -2.12. The zero-order valence-electron chi connectivity index (χ0n) is 14.9. The van der Waals surface area contributed by atoms with Gasteiger partial charge in [-0.05, 0) is 45.1 Å². The van der Waals surface area contributed by atoms with Crippen LogP contribution in [0.2, 0.25) is 0 Å².